The van der Waals surface area contributed by atoms with E-state index in [2.05, 4.69) is 14.8 Å². The van der Waals surface area contributed by atoms with Crippen LogP contribution in [0.4, 0.5) is 13.2 Å². The third-order valence-electron chi connectivity index (χ3n) is 7.37. The smallest absolute Gasteiger partial charge is 0.491 e. The zero-order valence-electron chi connectivity index (χ0n) is 21.0. The number of hydrogen-bond acceptors (Lipinski definition) is 6. The van der Waals surface area contributed by atoms with Gasteiger partial charge in [0, 0.05) is 18.1 Å². The number of amides is 1. The molecule has 1 saturated carbocycles. The maximum Gasteiger partial charge on any atom is 0.586 e. The van der Waals surface area contributed by atoms with Gasteiger partial charge in [0.15, 0.2) is 11.5 Å². The second kappa shape index (κ2) is 9.65. The molecule has 0 bridgehead atoms. The molecule has 0 aromatic heterocycles. The number of nitrogens with one attached hydrogen (secondary N) is 1. The van der Waals surface area contributed by atoms with Crippen molar-refractivity contribution >= 4 is 11.9 Å². The Balaban J connectivity index is 1.29. The lowest BCUT2D eigenvalue weighted by atomic mass is 9.90. The van der Waals surface area contributed by atoms with E-state index in [9.17, 15) is 27.9 Å². The number of ether oxygens (including phenoxy) is 4. The number of halogens is 3. The van der Waals surface area contributed by atoms with Gasteiger partial charge in [-0.25, -0.2) is 9.18 Å². The second-order valence-corrected chi connectivity index (χ2v) is 9.95. The first-order valence-corrected chi connectivity index (χ1v) is 12.7. The number of carbonyl (C=O) groups excluding carboxylic acids is 1. The molecule has 0 saturated heterocycles. The van der Waals surface area contributed by atoms with Gasteiger partial charge < -0.3 is 29.4 Å². The highest BCUT2D eigenvalue weighted by Gasteiger charge is 2.53. The summed E-state index contributed by atoms with van der Waals surface area (Å²) in [5.41, 5.74) is 0.999. The van der Waals surface area contributed by atoms with Crippen LogP contribution >= 0.6 is 0 Å². The first-order chi connectivity index (χ1) is 19.2. The van der Waals surface area contributed by atoms with E-state index in [-0.39, 0.29) is 29.6 Å². The third-order valence-corrected chi connectivity index (χ3v) is 7.37. The number of carboxylic acid groups (broad SMARTS) is 1. The van der Waals surface area contributed by atoms with Crippen molar-refractivity contribution in [3.05, 3.63) is 82.9 Å². The minimum absolute atomic E-state index is 0.0952. The van der Waals surface area contributed by atoms with Crippen LogP contribution in [0.3, 0.4) is 0 Å². The van der Waals surface area contributed by atoms with Gasteiger partial charge in [0.1, 0.15) is 30.9 Å². The van der Waals surface area contributed by atoms with Crippen LogP contribution in [0.25, 0.3) is 0 Å². The molecule has 3 aromatic rings. The zero-order chi connectivity index (χ0) is 28.1. The number of carboxylic acids is 1. The molecule has 6 rings (SSSR count). The molecule has 40 heavy (non-hydrogen) atoms. The number of carbonyl (C=O) groups is 2. The number of aromatic carboxylic acids is 1. The number of hydrogen-bond donors (Lipinski definition) is 2. The summed E-state index contributed by atoms with van der Waals surface area (Å²) in [5.74, 6) is -0.794. The molecule has 1 fully saturated rings. The Bertz CT molecular complexity index is 1490. The molecule has 11 heteroatoms. The van der Waals surface area contributed by atoms with Crippen LogP contribution in [-0.4, -0.2) is 36.6 Å². The van der Waals surface area contributed by atoms with Crippen LogP contribution in [0.1, 0.15) is 58.5 Å². The molecule has 0 unspecified atom stereocenters. The summed E-state index contributed by atoms with van der Waals surface area (Å²) < 4.78 is 60.4. The summed E-state index contributed by atoms with van der Waals surface area (Å²) in [6.07, 6.45) is -3.02. The molecule has 0 spiro atoms. The predicted octanol–water partition coefficient (Wildman–Crippen LogP) is 5.47. The fourth-order valence-electron chi connectivity index (χ4n) is 5.22. The number of rotatable bonds is 8. The van der Waals surface area contributed by atoms with E-state index < -0.39 is 36.5 Å². The van der Waals surface area contributed by atoms with Gasteiger partial charge in [-0.1, -0.05) is 18.2 Å². The van der Waals surface area contributed by atoms with Gasteiger partial charge >= 0.3 is 12.3 Å². The van der Waals surface area contributed by atoms with Crippen molar-refractivity contribution in [1.82, 2.24) is 5.32 Å². The fraction of sp³-hybridized carbons (Fsp3) is 0.310. The predicted molar refractivity (Wildman–Crippen MR) is 134 cm³/mol. The Morgan fingerprint density at radius 3 is 2.55 bits per heavy atom. The summed E-state index contributed by atoms with van der Waals surface area (Å²) in [4.78, 5) is 25.3. The van der Waals surface area contributed by atoms with E-state index in [1.807, 2.05) is 0 Å². The van der Waals surface area contributed by atoms with Crippen molar-refractivity contribution in [3.63, 3.8) is 0 Å². The number of fused-ring (bicyclic) bond motifs is 2. The average molecular weight is 556 g/mol. The van der Waals surface area contributed by atoms with Crippen LogP contribution in [0.15, 0.2) is 60.7 Å². The van der Waals surface area contributed by atoms with Gasteiger partial charge in [-0.15, -0.1) is 8.78 Å². The zero-order valence-corrected chi connectivity index (χ0v) is 21.0. The van der Waals surface area contributed by atoms with Crippen LogP contribution in [0.5, 0.6) is 23.0 Å². The SMILES string of the molecule is O=C(O)c1cccc([C@H]2C[C@@H](NC(=O)C3(c4ccc5c(c4)OC(F)(F)O5)CC3)c3ccc(OCCF)cc3O2)c1. The maximum atomic E-state index is 13.7. The number of benzene rings is 3. The van der Waals surface area contributed by atoms with E-state index in [0.29, 0.717) is 47.5 Å². The van der Waals surface area contributed by atoms with Crippen molar-refractivity contribution in [2.75, 3.05) is 13.3 Å². The Morgan fingerprint density at radius 2 is 1.80 bits per heavy atom. The first-order valence-electron chi connectivity index (χ1n) is 12.7. The Labute approximate surface area is 226 Å². The standard InChI is InChI=1S/C29H24F3NO7/c30-10-11-37-19-5-6-20-21(15-23(38-24(20)14-19)16-2-1-3-17(12-16)26(34)35)33-27(36)28(8-9-28)18-4-7-22-25(13-18)40-29(31,32)39-22/h1-7,12-14,21,23H,8-11,15H2,(H,33,36)(H,34,35)/t21-,23-/m1/s1. The van der Waals surface area contributed by atoms with Crippen LogP contribution in [0.2, 0.25) is 0 Å². The summed E-state index contributed by atoms with van der Waals surface area (Å²) in [5, 5.41) is 12.5. The van der Waals surface area contributed by atoms with Gasteiger partial charge in [0.05, 0.1) is 17.0 Å². The van der Waals surface area contributed by atoms with Crippen LogP contribution in [0, 0.1) is 0 Å². The van der Waals surface area contributed by atoms with Gasteiger partial charge in [-0.3, -0.25) is 4.79 Å². The monoisotopic (exact) mass is 555 g/mol. The van der Waals surface area contributed by atoms with Gasteiger partial charge in [0.2, 0.25) is 5.91 Å². The molecule has 3 aromatic carbocycles. The first kappa shape index (κ1) is 25.8. The van der Waals surface area contributed by atoms with Gasteiger partial charge in [-0.05, 0) is 60.4 Å². The molecule has 3 aliphatic rings. The lowest BCUT2D eigenvalue weighted by Gasteiger charge is -2.34. The molecule has 2 heterocycles. The molecule has 208 valence electrons. The average Bonchev–Trinajstić information content (AvgIpc) is 3.68. The molecule has 0 radical (unpaired) electrons. The molecular weight excluding hydrogens is 531 g/mol. The topological polar surface area (TPSA) is 103 Å². The van der Waals surface area contributed by atoms with Crippen molar-refractivity contribution in [2.45, 2.75) is 43.1 Å². The van der Waals surface area contributed by atoms with Gasteiger partial charge in [-0.2, -0.15) is 0 Å². The second-order valence-electron chi connectivity index (χ2n) is 9.95. The third kappa shape index (κ3) is 4.76. The van der Waals surface area contributed by atoms with Crippen molar-refractivity contribution in [1.29, 1.82) is 0 Å². The normalized spacial score (nSPS) is 21.1. The van der Waals surface area contributed by atoms with Crippen LogP contribution < -0.4 is 24.3 Å². The van der Waals surface area contributed by atoms with Crippen molar-refractivity contribution < 1.29 is 46.8 Å². The van der Waals surface area contributed by atoms with E-state index >= 15 is 0 Å². The highest BCUT2D eigenvalue weighted by Crippen LogP contribution is 2.53. The largest absolute Gasteiger partial charge is 0.586 e. The molecule has 8 nitrogen and oxygen atoms in total. The highest BCUT2D eigenvalue weighted by atomic mass is 19.3. The summed E-state index contributed by atoms with van der Waals surface area (Å²) >= 11 is 0. The molecule has 2 aliphatic heterocycles. The fourth-order valence-corrected chi connectivity index (χ4v) is 5.22. The minimum Gasteiger partial charge on any atom is -0.491 e. The molecule has 1 amide bonds. The lowest BCUT2D eigenvalue weighted by Crippen LogP contribution is -2.39. The molecule has 1 aliphatic carbocycles. The lowest BCUT2D eigenvalue weighted by molar-refractivity contribution is -0.286. The van der Waals surface area contributed by atoms with Crippen molar-refractivity contribution in [2.24, 2.45) is 0 Å². The quantitative estimate of drug-likeness (QED) is 0.380. The summed E-state index contributed by atoms with van der Waals surface area (Å²) in [7, 11) is 0. The van der Waals surface area contributed by atoms with Crippen LogP contribution in [-0.2, 0) is 10.2 Å². The minimum atomic E-state index is -3.76. The van der Waals surface area contributed by atoms with E-state index in [1.54, 1.807) is 36.4 Å². The van der Waals surface area contributed by atoms with Gasteiger partial charge in [0.25, 0.3) is 0 Å². The highest BCUT2D eigenvalue weighted by molar-refractivity contribution is 5.92. The van der Waals surface area contributed by atoms with Crippen molar-refractivity contribution in [3.8, 4) is 23.0 Å². The Hall–Kier alpha value is -4.41. The summed E-state index contributed by atoms with van der Waals surface area (Å²) in [6, 6.07) is 15.2. The maximum absolute atomic E-state index is 13.7. The van der Waals surface area contributed by atoms with E-state index in [1.165, 1.54) is 24.3 Å². The Kier molecular flexibility index (Phi) is 6.24. The number of alkyl halides is 3. The van der Waals surface area contributed by atoms with E-state index in [0.717, 1.165) is 0 Å². The molecular formula is C29H24F3NO7. The molecule has 2 N–H and O–H groups in total. The Morgan fingerprint density at radius 1 is 1.00 bits per heavy atom. The molecule has 2 atom stereocenters. The van der Waals surface area contributed by atoms with E-state index in [4.69, 9.17) is 9.47 Å². The summed E-state index contributed by atoms with van der Waals surface area (Å²) in [6.45, 7) is -0.798.